The van der Waals surface area contributed by atoms with Crippen molar-refractivity contribution < 1.29 is 4.79 Å². The quantitative estimate of drug-likeness (QED) is 0.351. The van der Waals surface area contributed by atoms with E-state index in [2.05, 4.69) is 10.6 Å². The van der Waals surface area contributed by atoms with Crippen molar-refractivity contribution in [2.45, 2.75) is 6.42 Å². The summed E-state index contributed by atoms with van der Waals surface area (Å²) in [5, 5.41) is 15.1. The molecule has 1 amide bonds. The molecule has 0 spiro atoms. The summed E-state index contributed by atoms with van der Waals surface area (Å²) in [5.74, 6) is -0.122. The van der Waals surface area contributed by atoms with Crippen LogP contribution in [0.2, 0.25) is 5.02 Å². The average Bonchev–Trinajstić information content (AvgIpc) is 2.46. The van der Waals surface area contributed by atoms with Crippen molar-refractivity contribution in [2.24, 2.45) is 0 Å². The summed E-state index contributed by atoms with van der Waals surface area (Å²) < 4.78 is 0. The van der Waals surface area contributed by atoms with Crippen LogP contribution in [0.25, 0.3) is 0 Å². The standard InChI is InChI=1S/C14H15Cl2N3O/c15-6-8-19-14(20)12(9-17)10-18-7-5-11-3-1-2-4-13(11)16/h1-4,10,18H,5-8H2,(H,19,20)/b12-10-. The van der Waals surface area contributed by atoms with Gasteiger partial charge in [-0.05, 0) is 18.1 Å². The van der Waals surface area contributed by atoms with Gasteiger partial charge in [-0.2, -0.15) is 5.26 Å². The number of benzene rings is 1. The second-order valence-corrected chi connectivity index (χ2v) is 4.70. The maximum Gasteiger partial charge on any atom is 0.263 e. The van der Waals surface area contributed by atoms with Crippen LogP contribution in [0.15, 0.2) is 36.0 Å². The largest absolute Gasteiger partial charge is 0.389 e. The first-order valence-electron chi connectivity index (χ1n) is 6.10. The minimum absolute atomic E-state index is 0.0225. The first kappa shape index (κ1) is 16.4. The minimum Gasteiger partial charge on any atom is -0.389 e. The molecular weight excluding hydrogens is 297 g/mol. The zero-order valence-electron chi connectivity index (χ0n) is 10.8. The van der Waals surface area contributed by atoms with Gasteiger partial charge in [0.05, 0.1) is 0 Å². The third kappa shape index (κ3) is 5.52. The van der Waals surface area contributed by atoms with Crippen LogP contribution in [0.4, 0.5) is 0 Å². The molecule has 0 saturated heterocycles. The highest BCUT2D eigenvalue weighted by molar-refractivity contribution is 6.31. The topological polar surface area (TPSA) is 64.9 Å². The number of nitrogens with zero attached hydrogens (tertiary/aromatic N) is 1. The van der Waals surface area contributed by atoms with Gasteiger partial charge in [0.2, 0.25) is 0 Å². The molecule has 1 aromatic carbocycles. The molecule has 0 aliphatic rings. The van der Waals surface area contributed by atoms with Gasteiger partial charge in [0, 0.05) is 30.2 Å². The van der Waals surface area contributed by atoms with Crippen LogP contribution < -0.4 is 10.6 Å². The third-order valence-corrected chi connectivity index (χ3v) is 3.05. The van der Waals surface area contributed by atoms with Crippen LogP contribution in [0.3, 0.4) is 0 Å². The van der Waals surface area contributed by atoms with Crippen molar-refractivity contribution in [2.75, 3.05) is 19.0 Å². The molecule has 20 heavy (non-hydrogen) atoms. The molecular formula is C14H15Cl2N3O. The fraction of sp³-hybridized carbons (Fsp3) is 0.286. The Morgan fingerprint density at radius 1 is 1.35 bits per heavy atom. The van der Waals surface area contributed by atoms with Crippen LogP contribution in [-0.2, 0) is 11.2 Å². The fourth-order valence-corrected chi connectivity index (χ4v) is 1.81. The lowest BCUT2D eigenvalue weighted by Gasteiger charge is -2.05. The number of nitriles is 1. The summed E-state index contributed by atoms with van der Waals surface area (Å²) in [4.78, 5) is 11.5. The Hall–Kier alpha value is -1.70. The number of rotatable bonds is 7. The molecule has 0 saturated carbocycles. The monoisotopic (exact) mass is 311 g/mol. The summed E-state index contributed by atoms with van der Waals surface area (Å²) in [5.41, 5.74) is 1.04. The van der Waals surface area contributed by atoms with Gasteiger partial charge in [-0.25, -0.2) is 0 Å². The van der Waals surface area contributed by atoms with Crippen LogP contribution >= 0.6 is 23.2 Å². The van der Waals surface area contributed by atoms with Gasteiger partial charge in [0.1, 0.15) is 11.6 Å². The number of alkyl halides is 1. The van der Waals surface area contributed by atoms with Gasteiger partial charge < -0.3 is 10.6 Å². The molecule has 106 valence electrons. The van der Waals surface area contributed by atoms with Gasteiger partial charge in [-0.1, -0.05) is 29.8 Å². The highest BCUT2D eigenvalue weighted by Crippen LogP contribution is 2.14. The molecule has 1 aromatic rings. The van der Waals surface area contributed by atoms with Crippen molar-refractivity contribution in [3.8, 4) is 6.07 Å². The molecule has 0 aliphatic carbocycles. The van der Waals surface area contributed by atoms with Crippen molar-refractivity contribution in [3.05, 3.63) is 46.6 Å². The summed E-state index contributed by atoms with van der Waals surface area (Å²) >= 11 is 11.5. The Balaban J connectivity index is 2.45. The minimum atomic E-state index is -0.432. The Morgan fingerprint density at radius 2 is 2.10 bits per heavy atom. The first-order valence-corrected chi connectivity index (χ1v) is 7.01. The molecule has 4 nitrogen and oxygen atoms in total. The lowest BCUT2D eigenvalue weighted by Crippen LogP contribution is -2.27. The van der Waals surface area contributed by atoms with Crippen molar-refractivity contribution in [3.63, 3.8) is 0 Å². The van der Waals surface area contributed by atoms with Crippen LogP contribution in [0, 0.1) is 11.3 Å². The van der Waals surface area contributed by atoms with E-state index in [-0.39, 0.29) is 5.57 Å². The van der Waals surface area contributed by atoms with E-state index in [9.17, 15) is 4.79 Å². The van der Waals surface area contributed by atoms with Crippen molar-refractivity contribution >= 4 is 29.1 Å². The molecule has 0 heterocycles. The van der Waals surface area contributed by atoms with Gasteiger partial charge in [0.25, 0.3) is 5.91 Å². The molecule has 1 rings (SSSR count). The first-order chi connectivity index (χ1) is 9.69. The second-order valence-electron chi connectivity index (χ2n) is 3.91. The average molecular weight is 312 g/mol. The smallest absolute Gasteiger partial charge is 0.263 e. The number of hydrogen-bond donors (Lipinski definition) is 2. The van der Waals surface area contributed by atoms with E-state index in [0.717, 1.165) is 5.56 Å². The zero-order valence-corrected chi connectivity index (χ0v) is 12.3. The van der Waals surface area contributed by atoms with E-state index in [4.69, 9.17) is 28.5 Å². The third-order valence-electron chi connectivity index (χ3n) is 2.49. The number of carbonyl (C=O) groups is 1. The predicted octanol–water partition coefficient (Wildman–Crippen LogP) is 2.23. The van der Waals surface area contributed by atoms with Crippen molar-refractivity contribution in [1.82, 2.24) is 10.6 Å². The van der Waals surface area contributed by atoms with E-state index in [0.29, 0.717) is 30.4 Å². The van der Waals surface area contributed by atoms with Crippen molar-refractivity contribution in [1.29, 1.82) is 5.26 Å². The Kier molecular flexibility index (Phi) is 7.56. The van der Waals surface area contributed by atoms with E-state index < -0.39 is 5.91 Å². The molecule has 6 heteroatoms. The Morgan fingerprint density at radius 3 is 2.75 bits per heavy atom. The van der Waals surface area contributed by atoms with E-state index in [1.54, 1.807) is 0 Å². The number of halogens is 2. The summed E-state index contributed by atoms with van der Waals surface area (Å²) in [6, 6.07) is 9.38. The SMILES string of the molecule is N#C/C(=C/NCCc1ccccc1Cl)C(=O)NCCCl. The van der Waals surface area contributed by atoms with E-state index in [1.807, 2.05) is 30.3 Å². The predicted molar refractivity (Wildman–Crippen MR) is 80.6 cm³/mol. The molecule has 0 aliphatic heterocycles. The number of hydrogen-bond acceptors (Lipinski definition) is 3. The fourth-order valence-electron chi connectivity index (χ4n) is 1.49. The van der Waals surface area contributed by atoms with Crippen LogP contribution in [-0.4, -0.2) is 24.9 Å². The van der Waals surface area contributed by atoms with Gasteiger partial charge >= 0.3 is 0 Å². The maximum absolute atomic E-state index is 11.5. The molecule has 0 unspecified atom stereocenters. The molecule has 0 fully saturated rings. The van der Waals surface area contributed by atoms with Crippen LogP contribution in [0.5, 0.6) is 0 Å². The highest BCUT2D eigenvalue weighted by atomic mass is 35.5. The molecule has 2 N–H and O–H groups in total. The van der Waals surface area contributed by atoms with Crippen LogP contribution in [0.1, 0.15) is 5.56 Å². The highest BCUT2D eigenvalue weighted by Gasteiger charge is 2.07. The maximum atomic E-state index is 11.5. The molecule has 0 radical (unpaired) electrons. The number of amides is 1. The van der Waals surface area contributed by atoms with Gasteiger partial charge in [0.15, 0.2) is 0 Å². The lowest BCUT2D eigenvalue weighted by molar-refractivity contribution is -0.117. The molecule has 0 bridgehead atoms. The molecule has 0 atom stereocenters. The Labute approximate surface area is 128 Å². The molecule has 0 aromatic heterocycles. The number of carbonyl (C=O) groups excluding carboxylic acids is 1. The van der Waals surface area contributed by atoms with Gasteiger partial charge in [-0.15, -0.1) is 11.6 Å². The van der Waals surface area contributed by atoms with E-state index >= 15 is 0 Å². The second kappa shape index (κ2) is 9.24. The Bertz CT molecular complexity index is 523. The summed E-state index contributed by atoms with van der Waals surface area (Å²) in [6.07, 6.45) is 2.11. The normalized spacial score (nSPS) is 10.8. The lowest BCUT2D eigenvalue weighted by atomic mass is 10.1. The number of nitrogens with one attached hydrogen (secondary N) is 2. The summed E-state index contributed by atoms with van der Waals surface area (Å²) in [7, 11) is 0. The summed E-state index contributed by atoms with van der Waals surface area (Å²) in [6.45, 7) is 0.913. The van der Waals surface area contributed by atoms with E-state index in [1.165, 1.54) is 6.20 Å². The zero-order chi connectivity index (χ0) is 14.8. The van der Waals surface area contributed by atoms with Gasteiger partial charge in [-0.3, -0.25) is 4.79 Å².